The zero-order valence-corrected chi connectivity index (χ0v) is 14.1. The maximum Gasteiger partial charge on any atom is 0.258 e. The Morgan fingerprint density at radius 1 is 1.20 bits per heavy atom. The summed E-state index contributed by atoms with van der Waals surface area (Å²) in [5.74, 6) is 0.506. The molecule has 8 heteroatoms. The van der Waals surface area contributed by atoms with Crippen molar-refractivity contribution in [3.63, 3.8) is 0 Å². The Morgan fingerprint density at radius 2 is 1.96 bits per heavy atom. The summed E-state index contributed by atoms with van der Waals surface area (Å²) in [6.45, 7) is 1.98. The highest BCUT2D eigenvalue weighted by atomic mass is 16.1. The molecule has 4 rings (SSSR count). The standard InChI is InChI=1S/C17H21N7O/c1-10-5-6-11-12(20-9-21-14(11)25)13(10)24-16(19)22-15(18)23-17(24)7-3-2-4-8-17/h5-6,9H,2-4,7-8H2,1H3,(H,20,21,25)(H4,18,19,22,23). The third kappa shape index (κ3) is 2.36. The van der Waals surface area contributed by atoms with Gasteiger partial charge in [-0.15, -0.1) is 0 Å². The number of nitrogens with zero attached hydrogens (tertiary/aromatic N) is 4. The number of anilines is 1. The molecular formula is C17H21N7O. The number of aryl methyl sites for hydroxylation is 1. The lowest BCUT2D eigenvalue weighted by Gasteiger charge is -2.46. The van der Waals surface area contributed by atoms with Crippen LogP contribution in [0, 0.1) is 6.92 Å². The monoisotopic (exact) mass is 339 g/mol. The van der Waals surface area contributed by atoms with Crippen LogP contribution in [0.25, 0.3) is 10.9 Å². The molecule has 0 amide bonds. The van der Waals surface area contributed by atoms with Crippen molar-refractivity contribution < 1.29 is 0 Å². The van der Waals surface area contributed by atoms with Crippen LogP contribution in [0.2, 0.25) is 0 Å². The summed E-state index contributed by atoms with van der Waals surface area (Å²) < 4.78 is 0. The Balaban J connectivity index is 2.01. The molecule has 1 saturated carbocycles. The summed E-state index contributed by atoms with van der Waals surface area (Å²) in [4.78, 5) is 30.1. The molecular weight excluding hydrogens is 318 g/mol. The van der Waals surface area contributed by atoms with Crippen LogP contribution in [0.5, 0.6) is 0 Å². The lowest BCUT2D eigenvalue weighted by Crippen LogP contribution is -2.58. The van der Waals surface area contributed by atoms with E-state index in [-0.39, 0.29) is 11.5 Å². The second-order valence-corrected chi connectivity index (χ2v) is 6.68. The molecule has 0 radical (unpaired) electrons. The van der Waals surface area contributed by atoms with E-state index in [2.05, 4.69) is 15.0 Å². The minimum absolute atomic E-state index is 0.181. The van der Waals surface area contributed by atoms with Gasteiger partial charge in [-0.2, -0.15) is 4.99 Å². The predicted molar refractivity (Wildman–Crippen MR) is 98.6 cm³/mol. The second-order valence-electron chi connectivity index (χ2n) is 6.68. The average molecular weight is 339 g/mol. The molecule has 0 unspecified atom stereocenters. The van der Waals surface area contributed by atoms with E-state index in [4.69, 9.17) is 16.5 Å². The van der Waals surface area contributed by atoms with E-state index in [1.165, 1.54) is 6.33 Å². The number of nitrogens with one attached hydrogen (secondary N) is 1. The summed E-state index contributed by atoms with van der Waals surface area (Å²) in [6, 6.07) is 3.68. The van der Waals surface area contributed by atoms with Gasteiger partial charge in [0.15, 0.2) is 0 Å². The highest BCUT2D eigenvalue weighted by Gasteiger charge is 2.43. The van der Waals surface area contributed by atoms with E-state index in [9.17, 15) is 4.79 Å². The first kappa shape index (κ1) is 15.6. The van der Waals surface area contributed by atoms with E-state index in [1.807, 2.05) is 17.9 Å². The Labute approximate surface area is 144 Å². The van der Waals surface area contributed by atoms with Crippen molar-refractivity contribution in [3.05, 3.63) is 34.4 Å². The fraction of sp³-hybridized carbons (Fsp3) is 0.412. The van der Waals surface area contributed by atoms with Crippen LogP contribution < -0.4 is 21.9 Å². The SMILES string of the molecule is Cc1ccc2c(=O)[nH]cnc2c1N1C(N)=NC(N)=NC12CCCCC2. The molecule has 1 fully saturated rings. The van der Waals surface area contributed by atoms with Crippen LogP contribution in [0.1, 0.15) is 37.7 Å². The lowest BCUT2D eigenvalue weighted by molar-refractivity contribution is 0.305. The van der Waals surface area contributed by atoms with Crippen molar-refractivity contribution in [1.29, 1.82) is 0 Å². The normalized spacial score (nSPS) is 19.8. The topological polar surface area (TPSA) is 126 Å². The minimum Gasteiger partial charge on any atom is -0.369 e. The van der Waals surface area contributed by atoms with Crippen LogP contribution in [-0.2, 0) is 0 Å². The van der Waals surface area contributed by atoms with Gasteiger partial charge in [0.05, 0.1) is 17.4 Å². The number of H-pyrrole nitrogens is 1. The fourth-order valence-corrected chi connectivity index (χ4v) is 3.95. The molecule has 1 aromatic carbocycles. The molecule has 0 atom stereocenters. The van der Waals surface area contributed by atoms with Gasteiger partial charge in [-0.1, -0.05) is 12.5 Å². The van der Waals surface area contributed by atoms with Crippen LogP contribution >= 0.6 is 0 Å². The highest BCUT2D eigenvalue weighted by Crippen LogP contribution is 2.42. The van der Waals surface area contributed by atoms with E-state index >= 15 is 0 Å². The van der Waals surface area contributed by atoms with Crippen LogP contribution in [0.15, 0.2) is 33.2 Å². The maximum atomic E-state index is 12.2. The molecule has 130 valence electrons. The molecule has 8 nitrogen and oxygen atoms in total. The first-order valence-corrected chi connectivity index (χ1v) is 8.48. The summed E-state index contributed by atoms with van der Waals surface area (Å²) in [6.07, 6.45) is 6.33. The van der Waals surface area contributed by atoms with Crippen molar-refractivity contribution >= 4 is 28.5 Å². The Bertz CT molecular complexity index is 953. The zero-order valence-electron chi connectivity index (χ0n) is 14.1. The van der Waals surface area contributed by atoms with Crippen LogP contribution in [-0.4, -0.2) is 27.5 Å². The molecule has 1 aliphatic heterocycles. The summed E-state index contributed by atoms with van der Waals surface area (Å²) in [5.41, 5.74) is 13.8. The average Bonchev–Trinajstić information content (AvgIpc) is 2.57. The number of aromatic nitrogens is 2. The third-order valence-corrected chi connectivity index (χ3v) is 5.06. The minimum atomic E-state index is -0.558. The first-order valence-electron chi connectivity index (χ1n) is 8.48. The van der Waals surface area contributed by atoms with Gasteiger partial charge in [-0.05, 0) is 44.2 Å². The van der Waals surface area contributed by atoms with E-state index in [0.717, 1.165) is 43.4 Å². The van der Waals surface area contributed by atoms with Gasteiger partial charge >= 0.3 is 0 Å². The van der Waals surface area contributed by atoms with Gasteiger partial charge in [-0.25, -0.2) is 9.98 Å². The molecule has 1 aromatic heterocycles. The maximum absolute atomic E-state index is 12.2. The van der Waals surface area contributed by atoms with Gasteiger partial charge in [0.25, 0.3) is 5.56 Å². The molecule has 0 bridgehead atoms. The Kier molecular flexibility index (Phi) is 3.48. The van der Waals surface area contributed by atoms with Gasteiger partial charge in [0.1, 0.15) is 11.2 Å². The number of fused-ring (bicyclic) bond motifs is 1. The number of aromatic amines is 1. The number of nitrogens with two attached hydrogens (primary N) is 2. The van der Waals surface area contributed by atoms with Crippen molar-refractivity contribution in [2.45, 2.75) is 44.7 Å². The molecule has 2 aliphatic rings. The number of hydrogen-bond acceptors (Lipinski definition) is 7. The smallest absolute Gasteiger partial charge is 0.258 e. The largest absolute Gasteiger partial charge is 0.369 e. The van der Waals surface area contributed by atoms with E-state index in [0.29, 0.717) is 16.9 Å². The van der Waals surface area contributed by atoms with Crippen LogP contribution in [0.3, 0.4) is 0 Å². The van der Waals surface area contributed by atoms with Gasteiger partial charge < -0.3 is 16.5 Å². The van der Waals surface area contributed by atoms with Crippen molar-refractivity contribution in [2.24, 2.45) is 21.5 Å². The van der Waals surface area contributed by atoms with Crippen molar-refractivity contribution in [3.8, 4) is 0 Å². The summed E-state index contributed by atoms with van der Waals surface area (Å²) in [5, 5.41) is 0.518. The summed E-state index contributed by atoms with van der Waals surface area (Å²) >= 11 is 0. The molecule has 25 heavy (non-hydrogen) atoms. The van der Waals surface area contributed by atoms with Crippen molar-refractivity contribution in [1.82, 2.24) is 9.97 Å². The number of benzene rings is 1. The zero-order chi connectivity index (χ0) is 17.6. The Hall–Kier alpha value is -2.90. The predicted octanol–water partition coefficient (Wildman–Crippen LogP) is 1.34. The first-order chi connectivity index (χ1) is 12.0. The molecule has 1 aliphatic carbocycles. The number of aliphatic imine (C=N–C) groups is 2. The number of guanidine groups is 2. The Morgan fingerprint density at radius 3 is 2.72 bits per heavy atom. The fourth-order valence-electron chi connectivity index (χ4n) is 3.95. The number of hydrogen-bond donors (Lipinski definition) is 3. The molecule has 5 N–H and O–H groups in total. The van der Waals surface area contributed by atoms with E-state index < -0.39 is 5.66 Å². The third-order valence-electron chi connectivity index (χ3n) is 5.06. The van der Waals surface area contributed by atoms with Gasteiger partial charge in [0.2, 0.25) is 11.9 Å². The molecule has 2 heterocycles. The lowest BCUT2D eigenvalue weighted by atomic mass is 9.86. The molecule has 0 saturated heterocycles. The van der Waals surface area contributed by atoms with Crippen molar-refractivity contribution in [2.75, 3.05) is 4.90 Å². The van der Waals surface area contributed by atoms with E-state index in [1.54, 1.807) is 6.07 Å². The quantitative estimate of drug-likeness (QED) is 0.723. The van der Waals surface area contributed by atoms with Gasteiger partial charge in [-0.3, -0.25) is 9.69 Å². The van der Waals surface area contributed by atoms with Crippen LogP contribution in [0.4, 0.5) is 5.69 Å². The van der Waals surface area contributed by atoms with Gasteiger partial charge in [0, 0.05) is 0 Å². The highest BCUT2D eigenvalue weighted by molar-refractivity contribution is 6.10. The second kappa shape index (κ2) is 5.58. The molecule has 1 spiro atoms. The molecule has 2 aromatic rings. The number of rotatable bonds is 1. The summed E-state index contributed by atoms with van der Waals surface area (Å²) in [7, 11) is 0.